The van der Waals surface area contributed by atoms with E-state index in [1.54, 1.807) is 0 Å². The Labute approximate surface area is 114 Å². The Hall–Kier alpha value is -1.10. The van der Waals surface area contributed by atoms with Crippen LogP contribution in [-0.4, -0.2) is 37.1 Å². The molecule has 0 aromatic rings. The molecule has 0 aromatic heterocycles. The number of carbonyl (C=O) groups excluding carboxylic acids is 2. The SMILES string of the molecule is CCNC(=O)C1(NC(=O)C2CCOC2)CCCCC1. The molecule has 0 bridgehead atoms. The lowest BCUT2D eigenvalue weighted by molar-refractivity contribution is -0.136. The molecule has 5 nitrogen and oxygen atoms in total. The summed E-state index contributed by atoms with van der Waals surface area (Å²) in [5.74, 6) is -0.138. The molecular formula is C14H24N2O3. The van der Waals surface area contributed by atoms with Crippen LogP contribution in [-0.2, 0) is 14.3 Å². The second-order valence-corrected chi connectivity index (χ2v) is 5.55. The zero-order chi connectivity index (χ0) is 13.7. The lowest BCUT2D eigenvalue weighted by Crippen LogP contribution is -2.60. The highest BCUT2D eigenvalue weighted by Crippen LogP contribution is 2.29. The van der Waals surface area contributed by atoms with Gasteiger partial charge in [-0.3, -0.25) is 9.59 Å². The largest absolute Gasteiger partial charge is 0.381 e. The van der Waals surface area contributed by atoms with Crippen LogP contribution in [0.2, 0.25) is 0 Å². The van der Waals surface area contributed by atoms with Crippen molar-refractivity contribution in [2.75, 3.05) is 19.8 Å². The number of amides is 2. The average Bonchev–Trinajstić information content (AvgIpc) is 2.94. The van der Waals surface area contributed by atoms with Gasteiger partial charge in [-0.1, -0.05) is 19.3 Å². The minimum absolute atomic E-state index is 0.0225. The summed E-state index contributed by atoms with van der Waals surface area (Å²) in [6.45, 7) is 3.63. The smallest absolute Gasteiger partial charge is 0.245 e. The molecule has 1 saturated heterocycles. The van der Waals surface area contributed by atoms with E-state index in [-0.39, 0.29) is 17.7 Å². The van der Waals surface area contributed by atoms with Crippen molar-refractivity contribution in [3.63, 3.8) is 0 Å². The third-order valence-corrected chi connectivity index (χ3v) is 4.14. The molecule has 1 aliphatic heterocycles. The average molecular weight is 268 g/mol. The molecule has 1 aliphatic carbocycles. The fourth-order valence-electron chi connectivity index (χ4n) is 2.97. The molecule has 5 heteroatoms. The van der Waals surface area contributed by atoms with Crippen molar-refractivity contribution in [1.82, 2.24) is 10.6 Å². The minimum Gasteiger partial charge on any atom is -0.381 e. The number of likely N-dealkylation sites (N-methyl/N-ethyl adjacent to an activating group) is 1. The van der Waals surface area contributed by atoms with Gasteiger partial charge in [0.15, 0.2) is 0 Å². The van der Waals surface area contributed by atoms with Gasteiger partial charge in [-0.2, -0.15) is 0 Å². The second kappa shape index (κ2) is 6.37. The quantitative estimate of drug-likeness (QED) is 0.798. The Morgan fingerprint density at radius 2 is 2.00 bits per heavy atom. The molecule has 0 radical (unpaired) electrons. The molecule has 1 saturated carbocycles. The summed E-state index contributed by atoms with van der Waals surface area (Å²) in [4.78, 5) is 24.6. The molecule has 19 heavy (non-hydrogen) atoms. The van der Waals surface area contributed by atoms with Gasteiger partial charge in [-0.15, -0.1) is 0 Å². The Morgan fingerprint density at radius 1 is 1.26 bits per heavy atom. The Kier molecular flexibility index (Phi) is 4.80. The normalized spacial score (nSPS) is 25.8. The first-order chi connectivity index (χ1) is 9.18. The minimum atomic E-state index is -0.687. The maximum Gasteiger partial charge on any atom is 0.245 e. The van der Waals surface area contributed by atoms with E-state index in [1.165, 1.54) is 0 Å². The summed E-state index contributed by atoms with van der Waals surface area (Å²) in [6, 6.07) is 0. The topological polar surface area (TPSA) is 67.4 Å². The van der Waals surface area contributed by atoms with Gasteiger partial charge in [0.25, 0.3) is 0 Å². The van der Waals surface area contributed by atoms with Crippen molar-refractivity contribution in [3.8, 4) is 0 Å². The van der Waals surface area contributed by atoms with E-state index in [0.29, 0.717) is 19.8 Å². The predicted octanol–water partition coefficient (Wildman–Crippen LogP) is 0.978. The van der Waals surface area contributed by atoms with Crippen LogP contribution in [0.3, 0.4) is 0 Å². The van der Waals surface area contributed by atoms with E-state index < -0.39 is 5.54 Å². The molecule has 1 heterocycles. The van der Waals surface area contributed by atoms with Crippen molar-refractivity contribution in [1.29, 1.82) is 0 Å². The first-order valence-corrected chi connectivity index (χ1v) is 7.36. The fraction of sp³-hybridized carbons (Fsp3) is 0.857. The first kappa shape index (κ1) is 14.3. The Balaban J connectivity index is 2.04. The first-order valence-electron chi connectivity index (χ1n) is 7.36. The summed E-state index contributed by atoms with van der Waals surface area (Å²) in [6.07, 6.45) is 5.40. The van der Waals surface area contributed by atoms with E-state index in [1.807, 2.05) is 6.92 Å². The number of carbonyl (C=O) groups is 2. The molecular weight excluding hydrogens is 244 g/mol. The van der Waals surface area contributed by atoms with Gasteiger partial charge in [0.05, 0.1) is 12.5 Å². The molecule has 2 aliphatic rings. The van der Waals surface area contributed by atoms with Gasteiger partial charge >= 0.3 is 0 Å². The maximum absolute atomic E-state index is 12.3. The zero-order valence-electron chi connectivity index (χ0n) is 11.7. The van der Waals surface area contributed by atoms with Crippen molar-refractivity contribution < 1.29 is 14.3 Å². The third-order valence-electron chi connectivity index (χ3n) is 4.14. The van der Waals surface area contributed by atoms with E-state index in [0.717, 1.165) is 38.5 Å². The van der Waals surface area contributed by atoms with Crippen LogP contribution in [0.1, 0.15) is 45.4 Å². The molecule has 0 spiro atoms. The van der Waals surface area contributed by atoms with E-state index in [9.17, 15) is 9.59 Å². The summed E-state index contributed by atoms with van der Waals surface area (Å²) >= 11 is 0. The molecule has 2 rings (SSSR count). The van der Waals surface area contributed by atoms with Crippen LogP contribution in [0.25, 0.3) is 0 Å². The van der Waals surface area contributed by atoms with Gasteiger partial charge in [0.2, 0.25) is 11.8 Å². The molecule has 108 valence electrons. The molecule has 1 unspecified atom stereocenters. The number of hydrogen-bond donors (Lipinski definition) is 2. The van der Waals surface area contributed by atoms with E-state index in [2.05, 4.69) is 10.6 Å². The Morgan fingerprint density at radius 3 is 2.58 bits per heavy atom. The summed E-state index contributed by atoms with van der Waals surface area (Å²) in [5, 5.41) is 5.90. The monoisotopic (exact) mass is 268 g/mol. The van der Waals surface area contributed by atoms with Crippen molar-refractivity contribution in [2.45, 2.75) is 51.0 Å². The Bertz CT molecular complexity index is 332. The highest BCUT2D eigenvalue weighted by molar-refractivity contribution is 5.92. The highest BCUT2D eigenvalue weighted by Gasteiger charge is 2.42. The summed E-state index contributed by atoms with van der Waals surface area (Å²) < 4.78 is 5.25. The lowest BCUT2D eigenvalue weighted by Gasteiger charge is -2.37. The van der Waals surface area contributed by atoms with Crippen LogP contribution >= 0.6 is 0 Å². The van der Waals surface area contributed by atoms with Gasteiger partial charge in [-0.25, -0.2) is 0 Å². The number of hydrogen-bond acceptors (Lipinski definition) is 3. The standard InChI is InChI=1S/C14H24N2O3/c1-2-15-13(18)14(7-4-3-5-8-14)16-12(17)11-6-9-19-10-11/h11H,2-10H2,1H3,(H,15,18)(H,16,17). The van der Waals surface area contributed by atoms with Gasteiger partial charge in [0, 0.05) is 13.2 Å². The van der Waals surface area contributed by atoms with Crippen LogP contribution in [0.4, 0.5) is 0 Å². The number of rotatable bonds is 4. The molecule has 1 atom stereocenters. The van der Waals surface area contributed by atoms with E-state index >= 15 is 0 Å². The number of nitrogens with one attached hydrogen (secondary N) is 2. The third kappa shape index (κ3) is 3.26. The van der Waals surface area contributed by atoms with Crippen molar-refractivity contribution in [2.24, 2.45) is 5.92 Å². The second-order valence-electron chi connectivity index (χ2n) is 5.55. The van der Waals surface area contributed by atoms with Gasteiger partial charge in [-0.05, 0) is 26.2 Å². The van der Waals surface area contributed by atoms with Crippen LogP contribution in [0.5, 0.6) is 0 Å². The van der Waals surface area contributed by atoms with Crippen LogP contribution in [0.15, 0.2) is 0 Å². The summed E-state index contributed by atoms with van der Waals surface area (Å²) in [7, 11) is 0. The highest BCUT2D eigenvalue weighted by atomic mass is 16.5. The number of ether oxygens (including phenoxy) is 1. The van der Waals surface area contributed by atoms with E-state index in [4.69, 9.17) is 4.74 Å². The predicted molar refractivity (Wildman–Crippen MR) is 71.6 cm³/mol. The maximum atomic E-state index is 12.3. The van der Waals surface area contributed by atoms with Crippen LogP contribution in [0, 0.1) is 5.92 Å². The van der Waals surface area contributed by atoms with Crippen molar-refractivity contribution >= 4 is 11.8 Å². The van der Waals surface area contributed by atoms with Crippen molar-refractivity contribution in [3.05, 3.63) is 0 Å². The molecule has 2 fully saturated rings. The summed E-state index contributed by atoms with van der Waals surface area (Å²) in [5.41, 5.74) is -0.687. The zero-order valence-corrected chi connectivity index (χ0v) is 11.7. The lowest BCUT2D eigenvalue weighted by atomic mass is 9.80. The molecule has 2 amide bonds. The van der Waals surface area contributed by atoms with Crippen LogP contribution < -0.4 is 10.6 Å². The van der Waals surface area contributed by atoms with Gasteiger partial charge in [0.1, 0.15) is 5.54 Å². The van der Waals surface area contributed by atoms with Gasteiger partial charge < -0.3 is 15.4 Å². The molecule has 0 aromatic carbocycles. The molecule has 2 N–H and O–H groups in total. The fourth-order valence-corrected chi connectivity index (χ4v) is 2.97.